The molecule has 0 spiro atoms. The molecule has 1 heterocycles. The number of carbonyl (C=O) groups excluding carboxylic acids is 2. The van der Waals surface area contributed by atoms with Crippen LogP contribution in [0.4, 0.5) is 0 Å². The van der Waals surface area contributed by atoms with Crippen LogP contribution in [0.5, 0.6) is 11.5 Å². The summed E-state index contributed by atoms with van der Waals surface area (Å²) >= 11 is 0. The molecule has 3 aliphatic rings. The van der Waals surface area contributed by atoms with Gasteiger partial charge in [-0.25, -0.2) is 0 Å². The Labute approximate surface area is 245 Å². The van der Waals surface area contributed by atoms with Gasteiger partial charge in [-0.2, -0.15) is 0 Å². The molecule has 0 atom stereocenters. The van der Waals surface area contributed by atoms with Gasteiger partial charge in [0.25, 0.3) is 0 Å². The summed E-state index contributed by atoms with van der Waals surface area (Å²) < 4.78 is 11.8. The average molecular weight is 556 g/mol. The lowest BCUT2D eigenvalue weighted by molar-refractivity contribution is -0.119. The van der Waals surface area contributed by atoms with E-state index in [1.807, 2.05) is 24.3 Å². The smallest absolute Gasteiger partial charge is 0.162 e. The fraction of sp³-hybridized carbons (Fsp3) is 0.500. The molecular weight excluding hydrogens is 510 g/mol. The number of unbranched alkanes of at least 4 members (excludes halogenated alkanes) is 1. The van der Waals surface area contributed by atoms with Crippen molar-refractivity contribution in [1.82, 2.24) is 4.90 Å². The van der Waals surface area contributed by atoms with Crippen LogP contribution in [-0.2, 0) is 16.0 Å². The Balaban J connectivity index is 1.66. The minimum absolute atomic E-state index is 0.146. The third-order valence-corrected chi connectivity index (χ3v) is 8.77. The first-order valence-corrected chi connectivity index (χ1v) is 15.2. The number of methoxy groups -OCH3 is 1. The van der Waals surface area contributed by atoms with Crippen LogP contribution >= 0.6 is 0 Å². The molecular formula is C36H45NO4. The first-order chi connectivity index (χ1) is 19.5. The van der Waals surface area contributed by atoms with Crippen molar-refractivity contribution in [2.45, 2.75) is 85.5 Å². The Bertz CT molecular complexity index is 1330. The summed E-state index contributed by atoms with van der Waals surface area (Å²) in [5, 5.41) is 0. The van der Waals surface area contributed by atoms with E-state index in [0.717, 1.165) is 66.8 Å². The summed E-state index contributed by atoms with van der Waals surface area (Å²) in [6.45, 7) is 12.2. The second-order valence-electron chi connectivity index (χ2n) is 13.5. The van der Waals surface area contributed by atoms with E-state index >= 15 is 0 Å². The Hall–Kier alpha value is -3.34. The number of ether oxygens (including phenoxy) is 2. The quantitative estimate of drug-likeness (QED) is 0.296. The average Bonchev–Trinajstić information content (AvgIpc) is 2.91. The van der Waals surface area contributed by atoms with Crippen LogP contribution in [0, 0.1) is 10.8 Å². The number of benzene rings is 2. The van der Waals surface area contributed by atoms with Crippen molar-refractivity contribution in [1.29, 1.82) is 0 Å². The fourth-order valence-corrected chi connectivity index (χ4v) is 6.85. The van der Waals surface area contributed by atoms with Gasteiger partial charge in [0, 0.05) is 47.8 Å². The molecule has 0 fully saturated rings. The van der Waals surface area contributed by atoms with Crippen molar-refractivity contribution in [2.75, 3.05) is 20.3 Å². The highest BCUT2D eigenvalue weighted by atomic mass is 16.5. The lowest BCUT2D eigenvalue weighted by Gasteiger charge is -2.49. The van der Waals surface area contributed by atoms with Gasteiger partial charge < -0.3 is 14.4 Å². The largest absolute Gasteiger partial charge is 0.493 e. The Morgan fingerprint density at radius 1 is 0.829 bits per heavy atom. The Morgan fingerprint density at radius 3 is 2.00 bits per heavy atom. The minimum atomic E-state index is -0.390. The number of carbonyl (C=O) groups is 2. The molecule has 5 nitrogen and oxygen atoms in total. The van der Waals surface area contributed by atoms with E-state index in [-0.39, 0.29) is 22.4 Å². The summed E-state index contributed by atoms with van der Waals surface area (Å²) in [5.74, 6) is 1.25. The molecule has 0 aromatic heterocycles. The zero-order chi connectivity index (χ0) is 29.4. The molecule has 0 unspecified atom stereocenters. The topological polar surface area (TPSA) is 55.8 Å². The number of hydrogen-bond donors (Lipinski definition) is 0. The van der Waals surface area contributed by atoms with E-state index in [2.05, 4.69) is 63.8 Å². The zero-order valence-corrected chi connectivity index (χ0v) is 25.6. The van der Waals surface area contributed by atoms with Gasteiger partial charge in [-0.1, -0.05) is 77.4 Å². The van der Waals surface area contributed by atoms with Crippen LogP contribution in [0.2, 0.25) is 0 Å². The predicted octanol–water partition coefficient (Wildman–Crippen LogP) is 7.80. The molecule has 2 aliphatic carbocycles. The van der Waals surface area contributed by atoms with E-state index in [9.17, 15) is 9.59 Å². The minimum Gasteiger partial charge on any atom is -0.493 e. The second kappa shape index (κ2) is 11.5. The SMILES string of the molecule is CCCCOc1ccc(C2C3=C(CC(C)(C)CC3=O)N(CCc3ccccc3)C3=C2C(=O)CC(C)(C)C3)cc1OC. The molecule has 2 aromatic carbocycles. The first-order valence-electron chi connectivity index (χ1n) is 15.2. The Kier molecular flexibility index (Phi) is 8.18. The number of nitrogens with zero attached hydrogens (tertiary/aromatic N) is 1. The molecule has 218 valence electrons. The van der Waals surface area contributed by atoms with Crippen LogP contribution in [0.25, 0.3) is 0 Å². The number of hydrogen-bond acceptors (Lipinski definition) is 5. The number of ketones is 2. The molecule has 0 bridgehead atoms. The Morgan fingerprint density at radius 2 is 1.44 bits per heavy atom. The van der Waals surface area contributed by atoms with E-state index in [1.165, 1.54) is 5.56 Å². The number of Topliss-reactive ketones (excluding diaryl/α,β-unsaturated/α-hetero) is 2. The van der Waals surface area contributed by atoms with Crippen molar-refractivity contribution in [3.8, 4) is 11.5 Å². The molecule has 2 aromatic rings. The summed E-state index contributed by atoms with van der Waals surface area (Å²) in [7, 11) is 1.65. The predicted molar refractivity (Wildman–Crippen MR) is 163 cm³/mol. The van der Waals surface area contributed by atoms with Crippen molar-refractivity contribution >= 4 is 11.6 Å². The van der Waals surface area contributed by atoms with Crippen LogP contribution in [0.3, 0.4) is 0 Å². The molecule has 0 saturated heterocycles. The highest BCUT2D eigenvalue weighted by molar-refractivity contribution is 6.06. The third kappa shape index (κ3) is 6.00. The molecule has 0 saturated carbocycles. The lowest BCUT2D eigenvalue weighted by Crippen LogP contribution is -2.45. The summed E-state index contributed by atoms with van der Waals surface area (Å²) in [6, 6.07) is 16.4. The van der Waals surface area contributed by atoms with Gasteiger partial charge in [0.15, 0.2) is 23.1 Å². The van der Waals surface area contributed by atoms with Crippen LogP contribution in [0.1, 0.15) is 90.2 Å². The van der Waals surface area contributed by atoms with Crippen LogP contribution < -0.4 is 9.47 Å². The monoisotopic (exact) mass is 555 g/mol. The standard InChI is InChI=1S/C36H45NO4/c1-7-8-18-41-30-15-14-25(19-31(30)40-6)32-33-26(20-35(2,3)22-28(33)38)37(17-16-24-12-10-9-11-13-24)27-21-36(4,5)23-29(39)34(27)32/h9-15,19,32H,7-8,16-18,20-23H2,1-6H3. The van der Waals surface area contributed by atoms with E-state index in [1.54, 1.807) is 7.11 Å². The normalized spacial score (nSPS) is 20.2. The van der Waals surface area contributed by atoms with Crippen molar-refractivity contribution < 1.29 is 19.1 Å². The molecule has 41 heavy (non-hydrogen) atoms. The van der Waals surface area contributed by atoms with Crippen molar-refractivity contribution in [2.24, 2.45) is 10.8 Å². The molecule has 1 aliphatic heterocycles. The summed E-state index contributed by atoms with van der Waals surface area (Å²) in [6.07, 6.45) is 5.43. The van der Waals surface area contributed by atoms with Gasteiger partial charge in [-0.05, 0) is 59.8 Å². The number of rotatable bonds is 9. The lowest BCUT2D eigenvalue weighted by atomic mass is 9.63. The number of allylic oxidation sites excluding steroid dienone is 4. The van der Waals surface area contributed by atoms with Crippen molar-refractivity contribution in [3.63, 3.8) is 0 Å². The van der Waals surface area contributed by atoms with E-state index in [0.29, 0.717) is 30.9 Å². The van der Waals surface area contributed by atoms with Crippen LogP contribution in [0.15, 0.2) is 71.1 Å². The van der Waals surface area contributed by atoms with Gasteiger partial charge in [0.1, 0.15) is 0 Å². The molecule has 5 heteroatoms. The fourth-order valence-electron chi connectivity index (χ4n) is 6.85. The maximum absolute atomic E-state index is 14.1. The second-order valence-corrected chi connectivity index (χ2v) is 13.5. The van der Waals surface area contributed by atoms with Crippen LogP contribution in [-0.4, -0.2) is 36.7 Å². The van der Waals surface area contributed by atoms with Gasteiger partial charge in [0.05, 0.1) is 13.7 Å². The summed E-state index contributed by atoms with van der Waals surface area (Å²) in [4.78, 5) is 30.5. The van der Waals surface area contributed by atoms with E-state index < -0.39 is 5.92 Å². The maximum atomic E-state index is 14.1. The highest BCUT2D eigenvalue weighted by Crippen LogP contribution is 2.55. The van der Waals surface area contributed by atoms with Gasteiger partial charge in [-0.15, -0.1) is 0 Å². The highest BCUT2D eigenvalue weighted by Gasteiger charge is 2.49. The third-order valence-electron chi connectivity index (χ3n) is 8.77. The zero-order valence-electron chi connectivity index (χ0n) is 25.6. The first kappa shape index (κ1) is 29.2. The molecule has 5 rings (SSSR count). The van der Waals surface area contributed by atoms with Gasteiger partial charge in [-0.3, -0.25) is 9.59 Å². The maximum Gasteiger partial charge on any atom is 0.162 e. The summed E-state index contributed by atoms with van der Waals surface area (Å²) in [5.41, 5.74) is 5.67. The van der Waals surface area contributed by atoms with E-state index in [4.69, 9.17) is 9.47 Å². The molecule has 0 radical (unpaired) electrons. The van der Waals surface area contributed by atoms with Crippen molar-refractivity contribution in [3.05, 3.63) is 82.2 Å². The molecule has 0 N–H and O–H groups in total. The molecule has 0 amide bonds. The van der Waals surface area contributed by atoms with Gasteiger partial charge in [0.2, 0.25) is 0 Å². The van der Waals surface area contributed by atoms with Gasteiger partial charge >= 0.3 is 0 Å².